The summed E-state index contributed by atoms with van der Waals surface area (Å²) in [5, 5.41) is 1.13. The molecule has 0 radical (unpaired) electrons. The van der Waals surface area contributed by atoms with Crippen LogP contribution in [0.25, 0.3) is 0 Å². The van der Waals surface area contributed by atoms with Gasteiger partial charge in [0, 0.05) is 4.88 Å². The molecule has 0 aliphatic heterocycles. The molecule has 1 unspecified atom stereocenters. The van der Waals surface area contributed by atoms with Crippen LogP contribution in [-0.2, 0) is 12.8 Å². The third-order valence-corrected chi connectivity index (χ3v) is 4.85. The van der Waals surface area contributed by atoms with Gasteiger partial charge in [-0.05, 0) is 30.1 Å². The molecule has 0 fully saturated rings. The molecule has 2 rings (SSSR count). The lowest BCUT2D eigenvalue weighted by molar-refractivity contribution is 0.314. The summed E-state index contributed by atoms with van der Waals surface area (Å²) >= 11 is 1.84. The van der Waals surface area contributed by atoms with Gasteiger partial charge in [-0.2, -0.15) is 0 Å². The second-order valence-corrected chi connectivity index (χ2v) is 8.22. The highest BCUT2D eigenvalue weighted by molar-refractivity contribution is 7.11. The number of thiazole rings is 1. The van der Waals surface area contributed by atoms with Gasteiger partial charge in [0.1, 0.15) is 5.01 Å². The highest BCUT2D eigenvalue weighted by Crippen LogP contribution is 2.40. The summed E-state index contributed by atoms with van der Waals surface area (Å²) in [5.41, 5.74) is 8.14. The SMILES string of the molecule is CC1(C)CCc2nc(C(N)C(C)(C)C)sc2C1. The summed E-state index contributed by atoms with van der Waals surface area (Å²) in [4.78, 5) is 6.24. The summed E-state index contributed by atoms with van der Waals surface area (Å²) in [6.45, 7) is 11.2. The number of aryl methyl sites for hydroxylation is 1. The van der Waals surface area contributed by atoms with Gasteiger partial charge in [-0.15, -0.1) is 11.3 Å². The number of rotatable bonds is 1. The number of aromatic nitrogens is 1. The normalized spacial score (nSPS) is 21.1. The van der Waals surface area contributed by atoms with Crippen LogP contribution in [0.4, 0.5) is 0 Å². The third-order valence-electron chi connectivity index (χ3n) is 3.67. The highest BCUT2D eigenvalue weighted by atomic mass is 32.1. The summed E-state index contributed by atoms with van der Waals surface area (Å²) in [7, 11) is 0. The molecule has 2 nitrogen and oxygen atoms in total. The van der Waals surface area contributed by atoms with E-state index in [1.807, 2.05) is 11.3 Å². The maximum Gasteiger partial charge on any atom is 0.110 e. The second kappa shape index (κ2) is 4.06. The second-order valence-electron chi connectivity index (χ2n) is 7.11. The van der Waals surface area contributed by atoms with Gasteiger partial charge in [0.25, 0.3) is 0 Å². The van der Waals surface area contributed by atoms with E-state index in [-0.39, 0.29) is 11.5 Å². The molecule has 1 heterocycles. The van der Waals surface area contributed by atoms with Crippen LogP contribution < -0.4 is 5.73 Å². The van der Waals surface area contributed by atoms with Crippen LogP contribution >= 0.6 is 11.3 Å². The third kappa shape index (κ3) is 2.71. The Morgan fingerprint density at radius 2 is 2.00 bits per heavy atom. The van der Waals surface area contributed by atoms with Crippen molar-refractivity contribution in [1.29, 1.82) is 0 Å². The lowest BCUT2D eigenvalue weighted by Crippen LogP contribution is -2.26. The fourth-order valence-electron chi connectivity index (χ4n) is 2.22. The van der Waals surface area contributed by atoms with Crippen LogP contribution in [0.1, 0.15) is 62.7 Å². The van der Waals surface area contributed by atoms with E-state index in [1.54, 1.807) is 0 Å². The fourth-order valence-corrected chi connectivity index (χ4v) is 3.84. The van der Waals surface area contributed by atoms with E-state index in [1.165, 1.54) is 17.0 Å². The van der Waals surface area contributed by atoms with Gasteiger partial charge in [0.2, 0.25) is 0 Å². The van der Waals surface area contributed by atoms with Crippen molar-refractivity contribution in [1.82, 2.24) is 4.98 Å². The summed E-state index contributed by atoms with van der Waals surface area (Å²) in [5.74, 6) is 0. The van der Waals surface area contributed by atoms with Gasteiger partial charge < -0.3 is 5.73 Å². The average molecular weight is 252 g/mol. The maximum atomic E-state index is 6.30. The smallest absolute Gasteiger partial charge is 0.110 e. The molecule has 0 saturated heterocycles. The summed E-state index contributed by atoms with van der Waals surface area (Å²) < 4.78 is 0. The average Bonchev–Trinajstić information content (AvgIpc) is 2.55. The molecule has 3 heteroatoms. The van der Waals surface area contributed by atoms with Crippen molar-refractivity contribution < 1.29 is 0 Å². The topological polar surface area (TPSA) is 38.9 Å². The van der Waals surface area contributed by atoms with Crippen molar-refractivity contribution in [2.45, 2.75) is 59.9 Å². The molecule has 0 bridgehead atoms. The molecule has 0 saturated carbocycles. The van der Waals surface area contributed by atoms with Gasteiger partial charge in [-0.25, -0.2) is 4.98 Å². The van der Waals surface area contributed by atoms with Crippen LogP contribution in [0.3, 0.4) is 0 Å². The lowest BCUT2D eigenvalue weighted by Gasteiger charge is -2.28. The number of nitrogens with two attached hydrogens (primary N) is 1. The van der Waals surface area contributed by atoms with E-state index < -0.39 is 0 Å². The Balaban J connectivity index is 2.27. The van der Waals surface area contributed by atoms with Crippen LogP contribution in [0.2, 0.25) is 0 Å². The van der Waals surface area contributed by atoms with Crippen molar-refractivity contribution in [3.8, 4) is 0 Å². The van der Waals surface area contributed by atoms with E-state index in [2.05, 4.69) is 34.6 Å². The molecule has 0 spiro atoms. The van der Waals surface area contributed by atoms with E-state index in [0.29, 0.717) is 5.41 Å². The van der Waals surface area contributed by atoms with Gasteiger partial charge in [0.05, 0.1) is 11.7 Å². The first-order chi connectivity index (χ1) is 7.69. The van der Waals surface area contributed by atoms with Gasteiger partial charge in [0.15, 0.2) is 0 Å². The van der Waals surface area contributed by atoms with Crippen molar-refractivity contribution in [2.24, 2.45) is 16.6 Å². The van der Waals surface area contributed by atoms with Crippen molar-refractivity contribution >= 4 is 11.3 Å². The quantitative estimate of drug-likeness (QED) is 0.827. The molecule has 1 atom stereocenters. The molecule has 1 aliphatic rings. The Morgan fingerprint density at radius 3 is 2.59 bits per heavy atom. The molecular formula is C14H24N2S. The number of hydrogen-bond acceptors (Lipinski definition) is 3. The fraction of sp³-hybridized carbons (Fsp3) is 0.786. The predicted octanol–water partition coefficient (Wildman–Crippen LogP) is 3.70. The Morgan fingerprint density at radius 1 is 1.35 bits per heavy atom. The van der Waals surface area contributed by atoms with E-state index in [4.69, 9.17) is 10.7 Å². The number of nitrogens with zero attached hydrogens (tertiary/aromatic N) is 1. The molecule has 1 aromatic heterocycles. The van der Waals surface area contributed by atoms with Crippen molar-refractivity contribution in [3.63, 3.8) is 0 Å². The Labute approximate surface area is 109 Å². The van der Waals surface area contributed by atoms with E-state index >= 15 is 0 Å². The van der Waals surface area contributed by atoms with Gasteiger partial charge in [-0.1, -0.05) is 34.6 Å². The molecule has 0 amide bonds. The molecule has 17 heavy (non-hydrogen) atoms. The van der Waals surface area contributed by atoms with Crippen molar-refractivity contribution in [3.05, 3.63) is 15.6 Å². The molecule has 1 aromatic rings. The Bertz CT molecular complexity index is 412. The van der Waals surface area contributed by atoms with Crippen molar-refractivity contribution in [2.75, 3.05) is 0 Å². The summed E-state index contributed by atoms with van der Waals surface area (Å²) in [6.07, 6.45) is 3.53. The number of hydrogen-bond donors (Lipinski definition) is 1. The largest absolute Gasteiger partial charge is 0.322 e. The monoisotopic (exact) mass is 252 g/mol. The standard InChI is InChI=1S/C14H24N2S/c1-13(2,3)11(15)12-16-9-6-7-14(4,5)8-10(9)17-12/h11H,6-8,15H2,1-5H3. The van der Waals surface area contributed by atoms with E-state index in [0.717, 1.165) is 17.8 Å². The Kier molecular flexibility index (Phi) is 3.11. The predicted molar refractivity (Wildman–Crippen MR) is 74.3 cm³/mol. The first-order valence-electron chi connectivity index (χ1n) is 6.43. The van der Waals surface area contributed by atoms with Gasteiger partial charge in [-0.3, -0.25) is 0 Å². The first-order valence-corrected chi connectivity index (χ1v) is 7.25. The maximum absolute atomic E-state index is 6.30. The van der Waals surface area contributed by atoms with Crippen LogP contribution in [0, 0.1) is 10.8 Å². The molecule has 0 aromatic carbocycles. The minimum Gasteiger partial charge on any atom is -0.322 e. The van der Waals surface area contributed by atoms with Gasteiger partial charge >= 0.3 is 0 Å². The van der Waals surface area contributed by atoms with Crippen LogP contribution in [0.15, 0.2) is 0 Å². The van der Waals surface area contributed by atoms with Crippen LogP contribution in [0.5, 0.6) is 0 Å². The number of fused-ring (bicyclic) bond motifs is 1. The minimum atomic E-state index is 0.0567. The zero-order chi connectivity index (χ0) is 12.8. The van der Waals surface area contributed by atoms with E-state index in [9.17, 15) is 0 Å². The van der Waals surface area contributed by atoms with Crippen LogP contribution in [-0.4, -0.2) is 4.98 Å². The lowest BCUT2D eigenvalue weighted by atomic mass is 9.79. The molecular weight excluding hydrogens is 228 g/mol. The molecule has 96 valence electrons. The zero-order valence-corrected chi connectivity index (χ0v) is 12.4. The molecule has 2 N–H and O–H groups in total. The minimum absolute atomic E-state index is 0.0567. The highest BCUT2D eigenvalue weighted by Gasteiger charge is 2.31. The molecule has 1 aliphatic carbocycles. The Hall–Kier alpha value is -0.410. The zero-order valence-electron chi connectivity index (χ0n) is 11.6. The first kappa shape index (κ1) is 13.0. The summed E-state index contributed by atoms with van der Waals surface area (Å²) in [6, 6.07) is 0.0567.